The smallest absolute Gasteiger partial charge is 0.221 e. The molecule has 0 spiro atoms. The van der Waals surface area contributed by atoms with E-state index in [1.807, 2.05) is 24.3 Å². The Morgan fingerprint density at radius 1 is 1.04 bits per heavy atom. The first kappa shape index (κ1) is 16.6. The largest absolute Gasteiger partial charge is 0.354 e. The molecule has 0 atom stereocenters. The number of benzene rings is 2. The topological polar surface area (TPSA) is 75.4 Å². The molecule has 2 aromatic carbocycles. The average molecular weight is 376 g/mol. The van der Waals surface area contributed by atoms with Crippen LogP contribution in [0.15, 0.2) is 48.5 Å². The van der Waals surface area contributed by atoms with Crippen molar-refractivity contribution in [3.8, 4) is 11.3 Å². The molecule has 1 aliphatic rings. The van der Waals surface area contributed by atoms with Crippen molar-refractivity contribution < 1.29 is 9.18 Å². The fourth-order valence-electron chi connectivity index (χ4n) is 3.59. The molecule has 3 heterocycles. The van der Waals surface area contributed by atoms with Crippen LogP contribution in [-0.2, 0) is 4.79 Å². The zero-order valence-corrected chi connectivity index (χ0v) is 15.0. The summed E-state index contributed by atoms with van der Waals surface area (Å²) < 4.78 is 16.0. The lowest BCUT2D eigenvalue weighted by Crippen LogP contribution is -2.29. The van der Waals surface area contributed by atoms with Crippen LogP contribution in [0.25, 0.3) is 27.8 Å². The first-order chi connectivity index (χ1) is 13.7. The molecule has 4 aromatic rings. The van der Waals surface area contributed by atoms with Gasteiger partial charge in [0.05, 0.1) is 5.52 Å². The van der Waals surface area contributed by atoms with E-state index in [2.05, 4.69) is 20.5 Å². The SMILES string of the molecule is O=C1CCN(c2nc3c(-c4ccccc4F)nnn3c3ccccc23)CCN1. The Hall–Kier alpha value is -3.55. The summed E-state index contributed by atoms with van der Waals surface area (Å²) in [6.07, 6.45) is 0.402. The minimum absolute atomic E-state index is 0.0333. The summed E-state index contributed by atoms with van der Waals surface area (Å²) in [5, 5.41) is 12.2. The predicted molar refractivity (Wildman–Crippen MR) is 104 cm³/mol. The second-order valence-electron chi connectivity index (χ2n) is 6.69. The van der Waals surface area contributed by atoms with Crippen molar-refractivity contribution in [3.63, 3.8) is 0 Å². The van der Waals surface area contributed by atoms with Gasteiger partial charge in [0.1, 0.15) is 17.3 Å². The van der Waals surface area contributed by atoms with Crippen molar-refractivity contribution in [2.24, 2.45) is 0 Å². The van der Waals surface area contributed by atoms with Gasteiger partial charge in [-0.1, -0.05) is 29.5 Å². The number of amides is 1. The van der Waals surface area contributed by atoms with Gasteiger partial charge >= 0.3 is 0 Å². The standard InChI is InChI=1S/C20H17FN6O/c21-15-7-3-1-5-13(15)18-20-23-19(26-11-9-17(28)22-10-12-26)14-6-2-4-8-16(14)27(20)25-24-18/h1-8H,9-12H2,(H,22,28). The number of carbonyl (C=O) groups is 1. The monoisotopic (exact) mass is 376 g/mol. The first-order valence-corrected chi connectivity index (χ1v) is 9.13. The number of anilines is 1. The molecule has 1 saturated heterocycles. The van der Waals surface area contributed by atoms with Crippen molar-refractivity contribution in [3.05, 3.63) is 54.3 Å². The van der Waals surface area contributed by atoms with Gasteiger partial charge in [0.25, 0.3) is 0 Å². The van der Waals surface area contributed by atoms with Gasteiger partial charge in [-0.3, -0.25) is 4.79 Å². The quantitative estimate of drug-likeness (QED) is 0.582. The highest BCUT2D eigenvalue weighted by atomic mass is 19.1. The molecule has 1 aliphatic heterocycles. The summed E-state index contributed by atoms with van der Waals surface area (Å²) in [6, 6.07) is 14.2. The second kappa shape index (κ2) is 6.56. The summed E-state index contributed by atoms with van der Waals surface area (Å²) in [6.45, 7) is 1.77. The zero-order valence-electron chi connectivity index (χ0n) is 15.0. The Labute approximate surface area is 159 Å². The number of halogens is 1. The number of hydrogen-bond acceptors (Lipinski definition) is 5. The molecule has 8 heteroatoms. The Kier molecular flexibility index (Phi) is 3.89. The van der Waals surface area contributed by atoms with E-state index in [-0.39, 0.29) is 11.7 Å². The fourth-order valence-corrected chi connectivity index (χ4v) is 3.59. The third kappa shape index (κ3) is 2.65. The van der Waals surface area contributed by atoms with Crippen LogP contribution in [0, 0.1) is 5.82 Å². The molecule has 140 valence electrons. The highest BCUT2D eigenvalue weighted by molar-refractivity contribution is 5.94. The van der Waals surface area contributed by atoms with Crippen LogP contribution in [0.4, 0.5) is 10.2 Å². The van der Waals surface area contributed by atoms with Crippen LogP contribution in [0.5, 0.6) is 0 Å². The molecule has 5 rings (SSSR count). The van der Waals surface area contributed by atoms with Gasteiger partial charge in [0, 0.05) is 37.0 Å². The Balaban J connectivity index is 1.76. The maximum atomic E-state index is 14.4. The summed E-state index contributed by atoms with van der Waals surface area (Å²) in [5.41, 5.74) is 2.08. The molecule has 0 aliphatic carbocycles. The lowest BCUT2D eigenvalue weighted by atomic mass is 10.1. The number of nitrogens with one attached hydrogen (secondary N) is 1. The Morgan fingerprint density at radius 3 is 2.75 bits per heavy atom. The van der Waals surface area contributed by atoms with E-state index in [1.165, 1.54) is 6.07 Å². The number of nitrogens with zero attached hydrogens (tertiary/aromatic N) is 5. The van der Waals surface area contributed by atoms with E-state index in [0.29, 0.717) is 43.0 Å². The van der Waals surface area contributed by atoms with Gasteiger partial charge in [-0.05, 0) is 24.3 Å². The van der Waals surface area contributed by atoms with Gasteiger partial charge in [-0.2, -0.15) is 4.52 Å². The van der Waals surface area contributed by atoms with Gasteiger partial charge in [-0.25, -0.2) is 9.37 Å². The van der Waals surface area contributed by atoms with Crippen molar-refractivity contribution in [2.45, 2.75) is 6.42 Å². The van der Waals surface area contributed by atoms with Crippen LogP contribution >= 0.6 is 0 Å². The number of fused-ring (bicyclic) bond motifs is 3. The molecule has 2 aromatic heterocycles. The molecular formula is C20H17FN6O. The van der Waals surface area contributed by atoms with Crippen LogP contribution in [0.2, 0.25) is 0 Å². The fraction of sp³-hybridized carbons (Fsp3) is 0.200. The maximum Gasteiger partial charge on any atom is 0.221 e. The van der Waals surface area contributed by atoms with Crippen LogP contribution in [-0.4, -0.2) is 45.4 Å². The summed E-state index contributed by atoms with van der Waals surface area (Å²) in [7, 11) is 0. The number of para-hydroxylation sites is 1. The van der Waals surface area contributed by atoms with Gasteiger partial charge in [0.2, 0.25) is 5.91 Å². The molecule has 1 amide bonds. The van der Waals surface area contributed by atoms with Crippen molar-refractivity contribution in [1.29, 1.82) is 0 Å². The lowest BCUT2D eigenvalue weighted by molar-refractivity contribution is -0.120. The summed E-state index contributed by atoms with van der Waals surface area (Å²) in [4.78, 5) is 18.7. The van der Waals surface area contributed by atoms with E-state index in [0.717, 1.165) is 16.7 Å². The molecule has 0 saturated carbocycles. The third-order valence-corrected chi connectivity index (χ3v) is 4.97. The molecular weight excluding hydrogens is 359 g/mol. The lowest BCUT2D eigenvalue weighted by Gasteiger charge is -2.22. The highest BCUT2D eigenvalue weighted by Gasteiger charge is 2.22. The predicted octanol–water partition coefficient (Wildman–Crippen LogP) is 2.41. The number of carbonyl (C=O) groups excluding carboxylic acids is 1. The van der Waals surface area contributed by atoms with E-state index in [9.17, 15) is 9.18 Å². The first-order valence-electron chi connectivity index (χ1n) is 9.13. The van der Waals surface area contributed by atoms with Gasteiger partial charge in [0.15, 0.2) is 5.65 Å². The average Bonchev–Trinajstić information content (AvgIpc) is 3.02. The molecule has 0 radical (unpaired) electrons. The van der Waals surface area contributed by atoms with Crippen molar-refractivity contribution in [2.75, 3.05) is 24.5 Å². The van der Waals surface area contributed by atoms with Crippen molar-refractivity contribution >= 4 is 28.3 Å². The number of aromatic nitrogens is 4. The highest BCUT2D eigenvalue weighted by Crippen LogP contribution is 2.31. The van der Waals surface area contributed by atoms with E-state index in [1.54, 1.807) is 22.7 Å². The number of rotatable bonds is 2. The molecule has 1 N–H and O–H groups in total. The molecule has 28 heavy (non-hydrogen) atoms. The Bertz CT molecular complexity index is 1200. The van der Waals surface area contributed by atoms with Crippen LogP contribution in [0.3, 0.4) is 0 Å². The minimum atomic E-state index is -0.369. The third-order valence-electron chi connectivity index (χ3n) is 4.97. The number of hydrogen-bond donors (Lipinski definition) is 1. The van der Waals surface area contributed by atoms with Gasteiger partial charge in [-0.15, -0.1) is 5.10 Å². The van der Waals surface area contributed by atoms with Crippen molar-refractivity contribution in [1.82, 2.24) is 25.1 Å². The van der Waals surface area contributed by atoms with Crippen LogP contribution < -0.4 is 10.2 Å². The Morgan fingerprint density at radius 2 is 1.86 bits per heavy atom. The zero-order chi connectivity index (χ0) is 19.1. The molecule has 1 fully saturated rings. The molecule has 0 unspecified atom stereocenters. The van der Waals surface area contributed by atoms with E-state index in [4.69, 9.17) is 4.98 Å². The van der Waals surface area contributed by atoms with Gasteiger partial charge < -0.3 is 10.2 Å². The van der Waals surface area contributed by atoms with E-state index < -0.39 is 0 Å². The molecule has 7 nitrogen and oxygen atoms in total. The second-order valence-corrected chi connectivity index (χ2v) is 6.69. The maximum absolute atomic E-state index is 14.4. The normalized spacial score (nSPS) is 15.0. The van der Waals surface area contributed by atoms with Crippen LogP contribution in [0.1, 0.15) is 6.42 Å². The minimum Gasteiger partial charge on any atom is -0.354 e. The summed E-state index contributed by atoms with van der Waals surface area (Å²) in [5.74, 6) is 0.413. The summed E-state index contributed by atoms with van der Waals surface area (Å²) >= 11 is 0. The van der Waals surface area contributed by atoms with E-state index >= 15 is 0 Å². The molecule has 0 bridgehead atoms.